The highest BCUT2D eigenvalue weighted by atomic mass is 32.2. The average molecular weight is 376 g/mol. The van der Waals surface area contributed by atoms with Gasteiger partial charge in [0.15, 0.2) is 5.16 Å². The summed E-state index contributed by atoms with van der Waals surface area (Å²) in [7, 11) is 0. The van der Waals surface area contributed by atoms with Gasteiger partial charge in [-0.1, -0.05) is 29.5 Å². The predicted molar refractivity (Wildman–Crippen MR) is 102 cm³/mol. The maximum atomic E-state index is 12.4. The monoisotopic (exact) mass is 376 g/mol. The second-order valence-corrected chi connectivity index (χ2v) is 7.61. The zero-order valence-corrected chi connectivity index (χ0v) is 16.1. The van der Waals surface area contributed by atoms with Gasteiger partial charge in [-0.2, -0.15) is 0 Å². The van der Waals surface area contributed by atoms with Crippen LogP contribution in [0.15, 0.2) is 22.1 Å². The third kappa shape index (κ3) is 4.37. The molecule has 1 aromatic heterocycles. The van der Waals surface area contributed by atoms with Gasteiger partial charge in [-0.05, 0) is 44.7 Å². The van der Waals surface area contributed by atoms with Gasteiger partial charge in [0.2, 0.25) is 5.91 Å². The summed E-state index contributed by atoms with van der Waals surface area (Å²) in [4.78, 5) is 24.3. The molecular weight excluding hydrogens is 352 g/mol. The van der Waals surface area contributed by atoms with Crippen molar-refractivity contribution in [1.29, 1.82) is 0 Å². The Bertz CT molecular complexity index is 829. The number of rotatable bonds is 6. The maximum absolute atomic E-state index is 12.4. The van der Waals surface area contributed by atoms with Crippen molar-refractivity contribution in [2.75, 3.05) is 17.7 Å². The number of carbonyl (C=O) groups excluding carboxylic acids is 1. The minimum Gasteiger partial charge on any atom is -0.376 e. The number of H-pyrrole nitrogens is 1. The van der Waals surface area contributed by atoms with Gasteiger partial charge in [-0.25, -0.2) is 9.89 Å². The van der Waals surface area contributed by atoms with Crippen LogP contribution in [0.2, 0.25) is 0 Å². The van der Waals surface area contributed by atoms with E-state index in [9.17, 15) is 9.59 Å². The van der Waals surface area contributed by atoms with E-state index in [2.05, 4.69) is 15.5 Å². The van der Waals surface area contributed by atoms with Crippen molar-refractivity contribution in [1.82, 2.24) is 14.8 Å². The first-order valence-corrected chi connectivity index (χ1v) is 9.70. The van der Waals surface area contributed by atoms with E-state index in [4.69, 9.17) is 4.74 Å². The number of benzene rings is 1. The summed E-state index contributed by atoms with van der Waals surface area (Å²) in [5.41, 5.74) is 3.82. The van der Waals surface area contributed by atoms with Crippen molar-refractivity contribution in [2.45, 2.75) is 51.4 Å². The summed E-state index contributed by atoms with van der Waals surface area (Å²) >= 11 is 1.25. The number of hydrogen-bond donors (Lipinski definition) is 2. The fourth-order valence-electron chi connectivity index (χ4n) is 3.25. The molecule has 0 spiro atoms. The molecule has 0 aliphatic carbocycles. The summed E-state index contributed by atoms with van der Waals surface area (Å²) in [5, 5.41) is 9.97. The third-order valence-electron chi connectivity index (χ3n) is 4.41. The molecule has 3 rings (SSSR count). The molecule has 2 heterocycles. The summed E-state index contributed by atoms with van der Waals surface area (Å²) in [5.74, 6) is 0.0620. The molecule has 0 saturated carbocycles. The van der Waals surface area contributed by atoms with Crippen molar-refractivity contribution in [2.24, 2.45) is 0 Å². The zero-order chi connectivity index (χ0) is 18.7. The lowest BCUT2D eigenvalue weighted by Crippen LogP contribution is -2.25. The molecule has 7 nitrogen and oxygen atoms in total. The molecule has 1 amide bonds. The maximum Gasteiger partial charge on any atom is 0.344 e. The lowest BCUT2D eigenvalue weighted by Gasteiger charge is -2.13. The minimum atomic E-state index is -0.270. The standard InChI is InChI=1S/C18H24N4O3S/c1-11-7-12(2)16(13(3)8-11)19-15(23)10-26-18-21-20-17(24)22(18)9-14-5-4-6-25-14/h7-8,14H,4-6,9-10H2,1-3H3,(H,19,23)(H,20,24)/t14-/m1/s1. The van der Waals surface area contributed by atoms with Crippen LogP contribution in [0.1, 0.15) is 29.5 Å². The molecule has 1 aromatic carbocycles. The minimum absolute atomic E-state index is 0.0383. The van der Waals surface area contributed by atoms with Gasteiger partial charge in [0.25, 0.3) is 0 Å². The van der Waals surface area contributed by atoms with Crippen molar-refractivity contribution in [3.05, 3.63) is 39.3 Å². The quantitative estimate of drug-likeness (QED) is 0.756. The first kappa shape index (κ1) is 18.7. The number of aromatic amines is 1. The number of aryl methyl sites for hydroxylation is 3. The number of hydrogen-bond acceptors (Lipinski definition) is 5. The van der Waals surface area contributed by atoms with Crippen molar-refractivity contribution >= 4 is 23.4 Å². The Morgan fingerprint density at radius 3 is 2.77 bits per heavy atom. The number of aromatic nitrogens is 3. The molecule has 0 bridgehead atoms. The first-order chi connectivity index (χ1) is 12.4. The van der Waals surface area contributed by atoms with Gasteiger partial charge in [0.05, 0.1) is 18.4 Å². The number of carbonyl (C=O) groups is 1. The normalized spacial score (nSPS) is 16.8. The Kier molecular flexibility index (Phi) is 5.83. The number of thioether (sulfide) groups is 1. The molecule has 26 heavy (non-hydrogen) atoms. The smallest absolute Gasteiger partial charge is 0.344 e. The zero-order valence-electron chi connectivity index (χ0n) is 15.3. The van der Waals surface area contributed by atoms with Crippen LogP contribution in [-0.4, -0.2) is 39.1 Å². The van der Waals surface area contributed by atoms with E-state index < -0.39 is 0 Å². The Morgan fingerprint density at radius 1 is 1.38 bits per heavy atom. The van der Waals surface area contributed by atoms with Crippen LogP contribution in [-0.2, 0) is 16.1 Å². The molecule has 1 aliphatic heterocycles. The molecule has 1 aliphatic rings. The van der Waals surface area contributed by atoms with E-state index in [1.54, 1.807) is 4.57 Å². The summed E-state index contributed by atoms with van der Waals surface area (Å²) in [6.45, 7) is 7.20. The van der Waals surface area contributed by atoms with E-state index in [0.717, 1.165) is 36.3 Å². The highest BCUT2D eigenvalue weighted by Gasteiger charge is 2.20. The van der Waals surface area contributed by atoms with Crippen molar-refractivity contribution < 1.29 is 9.53 Å². The summed E-state index contributed by atoms with van der Waals surface area (Å²) in [6.07, 6.45) is 1.99. The molecule has 1 saturated heterocycles. The molecule has 0 radical (unpaired) electrons. The number of anilines is 1. The molecule has 1 atom stereocenters. The number of amides is 1. The van der Waals surface area contributed by atoms with E-state index in [1.165, 1.54) is 17.3 Å². The highest BCUT2D eigenvalue weighted by Crippen LogP contribution is 2.23. The van der Waals surface area contributed by atoms with Crippen molar-refractivity contribution in [3.63, 3.8) is 0 Å². The molecular formula is C18H24N4O3S. The van der Waals surface area contributed by atoms with Gasteiger partial charge < -0.3 is 10.1 Å². The first-order valence-electron chi connectivity index (χ1n) is 8.71. The molecule has 2 aromatic rings. The van der Waals surface area contributed by atoms with Crippen LogP contribution in [0.3, 0.4) is 0 Å². The second kappa shape index (κ2) is 8.09. The molecule has 8 heteroatoms. The van der Waals surface area contributed by atoms with E-state index >= 15 is 0 Å². The van der Waals surface area contributed by atoms with Gasteiger partial charge in [0, 0.05) is 12.3 Å². The van der Waals surface area contributed by atoms with Crippen LogP contribution in [0.25, 0.3) is 0 Å². The highest BCUT2D eigenvalue weighted by molar-refractivity contribution is 7.99. The number of nitrogens with zero attached hydrogens (tertiary/aromatic N) is 2. The third-order valence-corrected chi connectivity index (χ3v) is 5.38. The predicted octanol–water partition coefficient (Wildman–Crippen LogP) is 2.41. The van der Waals surface area contributed by atoms with Gasteiger partial charge in [0.1, 0.15) is 0 Å². The average Bonchev–Trinajstić information content (AvgIpc) is 3.21. The lowest BCUT2D eigenvalue weighted by molar-refractivity contribution is -0.113. The number of nitrogens with one attached hydrogen (secondary N) is 2. The van der Waals surface area contributed by atoms with Crippen LogP contribution < -0.4 is 11.0 Å². The molecule has 140 valence electrons. The SMILES string of the molecule is Cc1cc(C)c(NC(=O)CSc2n[nH]c(=O)n2C[C@H]2CCCO2)c(C)c1. The van der Waals surface area contributed by atoms with E-state index in [1.807, 2.05) is 32.9 Å². The summed E-state index contributed by atoms with van der Waals surface area (Å²) < 4.78 is 7.14. The van der Waals surface area contributed by atoms with Crippen molar-refractivity contribution in [3.8, 4) is 0 Å². The molecule has 0 unspecified atom stereocenters. The van der Waals surface area contributed by atoms with Gasteiger partial charge in [-0.3, -0.25) is 9.36 Å². The Hall–Kier alpha value is -2.06. The molecule has 2 N–H and O–H groups in total. The van der Waals surface area contributed by atoms with Gasteiger partial charge >= 0.3 is 5.69 Å². The largest absolute Gasteiger partial charge is 0.376 e. The topological polar surface area (TPSA) is 89.0 Å². The van der Waals surface area contributed by atoms with Crippen LogP contribution in [0, 0.1) is 20.8 Å². The van der Waals surface area contributed by atoms with Crippen LogP contribution >= 0.6 is 11.8 Å². The second-order valence-electron chi connectivity index (χ2n) is 6.67. The Balaban J connectivity index is 1.62. The fourth-order valence-corrected chi connectivity index (χ4v) is 4.01. The van der Waals surface area contributed by atoms with Gasteiger partial charge in [-0.15, -0.1) is 5.10 Å². The van der Waals surface area contributed by atoms with E-state index in [-0.39, 0.29) is 23.5 Å². The molecule has 1 fully saturated rings. The number of ether oxygens (including phenoxy) is 1. The summed E-state index contributed by atoms with van der Waals surface area (Å²) in [6, 6.07) is 4.09. The Labute approximate surface area is 156 Å². The lowest BCUT2D eigenvalue weighted by atomic mass is 10.1. The van der Waals surface area contributed by atoms with Crippen LogP contribution in [0.5, 0.6) is 0 Å². The fraction of sp³-hybridized carbons (Fsp3) is 0.500. The Morgan fingerprint density at radius 2 is 2.12 bits per heavy atom. The van der Waals surface area contributed by atoms with E-state index in [0.29, 0.717) is 11.7 Å². The van der Waals surface area contributed by atoms with Crippen LogP contribution in [0.4, 0.5) is 5.69 Å².